The Morgan fingerprint density at radius 1 is 1.15 bits per heavy atom. The largest absolute Gasteiger partial charge is 0.496 e. The Bertz CT molecular complexity index is 619. The summed E-state index contributed by atoms with van der Waals surface area (Å²) in [7, 11) is 3.37. The topological polar surface area (TPSA) is 21.3 Å². The van der Waals surface area contributed by atoms with E-state index in [9.17, 15) is 4.39 Å². The van der Waals surface area contributed by atoms with Crippen molar-refractivity contribution in [3.05, 3.63) is 63.4 Å². The van der Waals surface area contributed by atoms with E-state index < -0.39 is 5.82 Å². The van der Waals surface area contributed by atoms with Gasteiger partial charge < -0.3 is 10.1 Å². The van der Waals surface area contributed by atoms with Gasteiger partial charge in [0.2, 0.25) is 0 Å². The Hall–Kier alpha value is -1.29. The summed E-state index contributed by atoms with van der Waals surface area (Å²) in [5, 5.41) is 3.83. The summed E-state index contributed by atoms with van der Waals surface area (Å²) in [5.74, 6) is 0.231. The Morgan fingerprint density at radius 3 is 2.50 bits per heavy atom. The van der Waals surface area contributed by atoms with Gasteiger partial charge >= 0.3 is 0 Å². The lowest BCUT2D eigenvalue weighted by Crippen LogP contribution is -2.18. The molecule has 20 heavy (non-hydrogen) atoms. The normalized spacial score (nSPS) is 12.2. The van der Waals surface area contributed by atoms with Crippen molar-refractivity contribution in [3.63, 3.8) is 0 Å². The van der Waals surface area contributed by atoms with E-state index in [1.165, 1.54) is 12.1 Å². The van der Waals surface area contributed by atoms with E-state index in [-0.39, 0.29) is 11.1 Å². The first-order chi connectivity index (χ1) is 9.56. The van der Waals surface area contributed by atoms with Crippen molar-refractivity contribution in [1.29, 1.82) is 0 Å². The highest BCUT2D eigenvalue weighted by Crippen LogP contribution is 2.33. The maximum absolute atomic E-state index is 13.6. The summed E-state index contributed by atoms with van der Waals surface area (Å²) >= 11 is 11.8. The minimum atomic E-state index is -0.453. The van der Waals surface area contributed by atoms with Gasteiger partial charge in [-0.1, -0.05) is 29.3 Å². The molecule has 0 aliphatic heterocycles. The van der Waals surface area contributed by atoms with Crippen molar-refractivity contribution in [2.75, 3.05) is 14.2 Å². The molecular weight excluding hydrogens is 300 g/mol. The SMILES string of the molecule is CNC(c1ccc(Cl)c(F)c1)c1cc(Cl)ccc1OC. The molecule has 0 aliphatic rings. The molecule has 0 amide bonds. The maximum atomic E-state index is 13.6. The van der Waals surface area contributed by atoms with E-state index in [2.05, 4.69) is 5.32 Å². The minimum absolute atomic E-state index is 0.0988. The average Bonchev–Trinajstić information content (AvgIpc) is 2.44. The predicted octanol–water partition coefficient (Wildman–Crippen LogP) is 4.45. The number of nitrogens with one attached hydrogen (secondary N) is 1. The van der Waals surface area contributed by atoms with Crippen molar-refractivity contribution in [3.8, 4) is 5.75 Å². The number of methoxy groups -OCH3 is 1. The highest BCUT2D eigenvalue weighted by Gasteiger charge is 2.18. The number of hydrogen-bond acceptors (Lipinski definition) is 2. The van der Waals surface area contributed by atoms with Crippen LogP contribution in [0, 0.1) is 5.82 Å². The minimum Gasteiger partial charge on any atom is -0.496 e. The number of halogens is 3. The molecule has 0 aliphatic carbocycles. The second kappa shape index (κ2) is 6.44. The maximum Gasteiger partial charge on any atom is 0.142 e. The van der Waals surface area contributed by atoms with Gasteiger partial charge in [0.25, 0.3) is 0 Å². The first-order valence-corrected chi connectivity index (χ1v) is 6.78. The summed E-state index contributed by atoms with van der Waals surface area (Å²) in [6.07, 6.45) is 0. The van der Waals surface area contributed by atoms with Crippen LogP contribution < -0.4 is 10.1 Å². The first kappa shape index (κ1) is 15.1. The Balaban J connectivity index is 2.51. The monoisotopic (exact) mass is 313 g/mol. The predicted molar refractivity (Wildman–Crippen MR) is 80.3 cm³/mol. The van der Waals surface area contributed by atoms with Crippen LogP contribution in [0.5, 0.6) is 5.75 Å². The summed E-state index contributed by atoms with van der Waals surface area (Å²) in [4.78, 5) is 0. The molecule has 1 unspecified atom stereocenters. The number of benzene rings is 2. The Kier molecular flexibility index (Phi) is 4.86. The van der Waals surface area contributed by atoms with Gasteiger partial charge in [-0.05, 0) is 42.9 Å². The summed E-state index contributed by atoms with van der Waals surface area (Å²) in [5.41, 5.74) is 1.58. The van der Waals surface area contributed by atoms with Gasteiger partial charge in [-0.15, -0.1) is 0 Å². The lowest BCUT2D eigenvalue weighted by molar-refractivity contribution is 0.405. The van der Waals surface area contributed by atoms with Gasteiger partial charge in [0.1, 0.15) is 11.6 Å². The zero-order valence-corrected chi connectivity index (χ0v) is 12.6. The van der Waals surface area contributed by atoms with Crippen molar-refractivity contribution >= 4 is 23.2 Å². The van der Waals surface area contributed by atoms with Crippen LogP contribution in [-0.2, 0) is 0 Å². The molecule has 0 saturated carbocycles. The standard InChI is InChI=1S/C15H14Cl2FNO/c1-19-15(9-3-5-12(17)13(18)7-9)11-8-10(16)4-6-14(11)20-2/h3-8,15,19H,1-2H3. The fourth-order valence-corrected chi connectivity index (χ4v) is 2.42. The van der Waals surface area contributed by atoms with E-state index >= 15 is 0 Å². The molecule has 0 spiro atoms. The zero-order chi connectivity index (χ0) is 14.7. The highest BCUT2D eigenvalue weighted by molar-refractivity contribution is 6.31. The Labute approximate surface area is 127 Å². The fourth-order valence-electron chi connectivity index (χ4n) is 2.12. The van der Waals surface area contributed by atoms with Crippen molar-refractivity contribution in [1.82, 2.24) is 5.32 Å². The fraction of sp³-hybridized carbons (Fsp3) is 0.200. The molecule has 2 nitrogen and oxygen atoms in total. The molecule has 1 atom stereocenters. The second-order valence-corrected chi connectivity index (χ2v) is 5.13. The van der Waals surface area contributed by atoms with Crippen LogP contribution in [0.4, 0.5) is 4.39 Å². The van der Waals surface area contributed by atoms with Gasteiger partial charge in [0.05, 0.1) is 18.2 Å². The molecule has 2 rings (SSSR count). The summed E-state index contributed by atoms with van der Waals surface area (Å²) < 4.78 is 19.0. The lowest BCUT2D eigenvalue weighted by atomic mass is 9.98. The van der Waals surface area contributed by atoms with Gasteiger partial charge in [-0.25, -0.2) is 4.39 Å². The van der Waals surface area contributed by atoms with Crippen LogP contribution in [0.3, 0.4) is 0 Å². The lowest BCUT2D eigenvalue weighted by Gasteiger charge is -2.20. The van der Waals surface area contributed by atoms with Gasteiger partial charge in [-0.2, -0.15) is 0 Å². The third-order valence-corrected chi connectivity index (χ3v) is 3.61. The molecule has 2 aromatic rings. The molecule has 0 bridgehead atoms. The summed E-state index contributed by atoms with van der Waals surface area (Å²) in [6.45, 7) is 0. The summed E-state index contributed by atoms with van der Waals surface area (Å²) in [6, 6.07) is 9.81. The molecule has 0 radical (unpaired) electrons. The van der Waals surface area contributed by atoms with E-state index in [0.717, 1.165) is 11.1 Å². The van der Waals surface area contributed by atoms with E-state index in [1.54, 1.807) is 38.4 Å². The van der Waals surface area contributed by atoms with Crippen LogP contribution in [0.25, 0.3) is 0 Å². The van der Waals surface area contributed by atoms with Crippen LogP contribution >= 0.6 is 23.2 Å². The quantitative estimate of drug-likeness (QED) is 0.900. The molecule has 0 fully saturated rings. The third kappa shape index (κ3) is 3.06. The molecule has 1 N–H and O–H groups in total. The van der Waals surface area contributed by atoms with Crippen molar-refractivity contribution in [2.24, 2.45) is 0 Å². The Morgan fingerprint density at radius 2 is 1.90 bits per heavy atom. The van der Waals surface area contributed by atoms with Crippen LogP contribution in [0.15, 0.2) is 36.4 Å². The molecule has 2 aromatic carbocycles. The van der Waals surface area contributed by atoms with E-state index in [0.29, 0.717) is 10.8 Å². The number of ether oxygens (including phenoxy) is 1. The van der Waals surface area contributed by atoms with E-state index in [1.807, 2.05) is 0 Å². The van der Waals surface area contributed by atoms with Crippen molar-refractivity contribution < 1.29 is 9.13 Å². The third-order valence-electron chi connectivity index (χ3n) is 3.07. The molecule has 0 saturated heterocycles. The van der Waals surface area contributed by atoms with E-state index in [4.69, 9.17) is 27.9 Å². The van der Waals surface area contributed by atoms with Gasteiger partial charge in [0, 0.05) is 10.6 Å². The number of rotatable bonds is 4. The molecular formula is C15H14Cl2FNO. The molecule has 0 heterocycles. The molecule has 106 valence electrons. The second-order valence-electron chi connectivity index (χ2n) is 4.28. The zero-order valence-electron chi connectivity index (χ0n) is 11.1. The van der Waals surface area contributed by atoms with Crippen molar-refractivity contribution in [2.45, 2.75) is 6.04 Å². The van der Waals surface area contributed by atoms with Gasteiger partial charge in [-0.3, -0.25) is 0 Å². The molecule has 0 aromatic heterocycles. The molecule has 5 heteroatoms. The van der Waals surface area contributed by atoms with Crippen LogP contribution in [-0.4, -0.2) is 14.2 Å². The van der Waals surface area contributed by atoms with Crippen LogP contribution in [0.2, 0.25) is 10.0 Å². The van der Waals surface area contributed by atoms with Crippen LogP contribution in [0.1, 0.15) is 17.2 Å². The van der Waals surface area contributed by atoms with Gasteiger partial charge in [0.15, 0.2) is 0 Å². The first-order valence-electron chi connectivity index (χ1n) is 6.02. The smallest absolute Gasteiger partial charge is 0.142 e. The number of hydrogen-bond donors (Lipinski definition) is 1. The highest BCUT2D eigenvalue weighted by atomic mass is 35.5. The average molecular weight is 314 g/mol.